The number of hydrogen-bond acceptors (Lipinski definition) is 2. The number of rotatable bonds is 2. The van der Waals surface area contributed by atoms with Gasteiger partial charge in [-0.15, -0.1) is 0 Å². The molecular formula is C13H18N2O. The molecule has 0 fully saturated rings. The quantitative estimate of drug-likeness (QED) is 0.818. The van der Waals surface area contributed by atoms with Gasteiger partial charge < -0.3 is 10.6 Å². The number of fused-ring (bicyclic) bond motifs is 1. The highest BCUT2D eigenvalue weighted by atomic mass is 16.2. The Hall–Kier alpha value is -1.35. The molecule has 1 heterocycles. The summed E-state index contributed by atoms with van der Waals surface area (Å²) < 4.78 is 0. The number of nitrogens with two attached hydrogens (primary N) is 1. The lowest BCUT2D eigenvalue weighted by molar-refractivity contribution is -0.134. The minimum atomic E-state index is -0.380. The monoisotopic (exact) mass is 218 g/mol. The summed E-state index contributed by atoms with van der Waals surface area (Å²) in [6.07, 6.45) is 0. The van der Waals surface area contributed by atoms with E-state index in [-0.39, 0.29) is 17.9 Å². The highest BCUT2D eigenvalue weighted by molar-refractivity contribution is 5.82. The van der Waals surface area contributed by atoms with E-state index in [1.165, 1.54) is 11.1 Å². The predicted octanol–water partition coefficient (Wildman–Crippen LogP) is 1.51. The first-order chi connectivity index (χ1) is 7.59. The average molecular weight is 218 g/mol. The molecule has 2 N–H and O–H groups in total. The van der Waals surface area contributed by atoms with Crippen molar-refractivity contribution in [3.63, 3.8) is 0 Å². The Labute approximate surface area is 96.2 Å². The van der Waals surface area contributed by atoms with Crippen molar-refractivity contribution >= 4 is 5.91 Å². The van der Waals surface area contributed by atoms with Gasteiger partial charge in [0.25, 0.3) is 0 Å². The highest BCUT2D eigenvalue weighted by Crippen LogP contribution is 2.23. The van der Waals surface area contributed by atoms with Gasteiger partial charge in [-0.2, -0.15) is 0 Å². The van der Waals surface area contributed by atoms with Crippen LogP contribution in [0.5, 0.6) is 0 Å². The molecule has 1 amide bonds. The van der Waals surface area contributed by atoms with Crippen LogP contribution in [0, 0.1) is 5.92 Å². The Kier molecular flexibility index (Phi) is 2.97. The molecule has 0 saturated heterocycles. The van der Waals surface area contributed by atoms with Gasteiger partial charge in [0.1, 0.15) is 0 Å². The normalized spacial score (nSPS) is 16.4. The van der Waals surface area contributed by atoms with Crippen LogP contribution in [0.2, 0.25) is 0 Å². The number of carbonyl (C=O) groups excluding carboxylic acids is 1. The van der Waals surface area contributed by atoms with Crippen molar-refractivity contribution < 1.29 is 4.79 Å². The zero-order valence-corrected chi connectivity index (χ0v) is 9.81. The van der Waals surface area contributed by atoms with E-state index in [0.29, 0.717) is 13.1 Å². The lowest BCUT2D eigenvalue weighted by atomic mass is 10.0. The van der Waals surface area contributed by atoms with Crippen LogP contribution >= 0.6 is 0 Å². The Balaban J connectivity index is 2.09. The lowest BCUT2D eigenvalue weighted by Gasteiger charge is -2.22. The molecule has 3 heteroatoms. The minimum absolute atomic E-state index is 0.0613. The molecule has 86 valence electrons. The van der Waals surface area contributed by atoms with Crippen LogP contribution in [0.15, 0.2) is 24.3 Å². The Morgan fingerprint density at radius 2 is 1.75 bits per heavy atom. The van der Waals surface area contributed by atoms with Gasteiger partial charge >= 0.3 is 0 Å². The number of hydrogen-bond donors (Lipinski definition) is 1. The van der Waals surface area contributed by atoms with Gasteiger partial charge in [0.2, 0.25) is 5.91 Å². The van der Waals surface area contributed by atoms with Crippen LogP contribution in [0.25, 0.3) is 0 Å². The lowest BCUT2D eigenvalue weighted by Crippen LogP contribution is -2.44. The maximum atomic E-state index is 12.1. The topological polar surface area (TPSA) is 46.3 Å². The van der Waals surface area contributed by atoms with Gasteiger partial charge in [-0.1, -0.05) is 38.1 Å². The molecule has 0 bridgehead atoms. The summed E-state index contributed by atoms with van der Waals surface area (Å²) in [5.74, 6) is 0.252. The summed E-state index contributed by atoms with van der Waals surface area (Å²) >= 11 is 0. The summed E-state index contributed by atoms with van der Waals surface area (Å²) in [4.78, 5) is 13.9. The van der Waals surface area contributed by atoms with E-state index >= 15 is 0 Å². The molecule has 0 radical (unpaired) electrons. The molecule has 1 aliphatic heterocycles. The van der Waals surface area contributed by atoms with Crippen LogP contribution in [-0.4, -0.2) is 16.8 Å². The zero-order chi connectivity index (χ0) is 11.7. The van der Waals surface area contributed by atoms with Crippen LogP contribution in [0.4, 0.5) is 0 Å². The van der Waals surface area contributed by atoms with Crippen molar-refractivity contribution in [2.75, 3.05) is 0 Å². The van der Waals surface area contributed by atoms with E-state index in [0.717, 1.165) is 0 Å². The zero-order valence-electron chi connectivity index (χ0n) is 9.81. The van der Waals surface area contributed by atoms with Crippen LogP contribution in [0.3, 0.4) is 0 Å². The third-order valence-corrected chi connectivity index (χ3v) is 3.16. The molecular weight excluding hydrogens is 200 g/mol. The van der Waals surface area contributed by atoms with E-state index in [1.54, 1.807) is 0 Å². The standard InChI is InChI=1S/C13H18N2O/c1-9(2)12(14)13(16)15-7-10-5-3-4-6-11(10)8-15/h3-6,9,12H,7-8,14H2,1-2H3. The minimum Gasteiger partial charge on any atom is -0.333 e. The molecule has 2 rings (SSSR count). The molecule has 1 atom stereocenters. The molecule has 3 nitrogen and oxygen atoms in total. The second-order valence-corrected chi connectivity index (χ2v) is 4.73. The first-order valence-corrected chi connectivity index (χ1v) is 5.70. The molecule has 16 heavy (non-hydrogen) atoms. The molecule has 0 aliphatic carbocycles. The van der Waals surface area contributed by atoms with Crippen LogP contribution < -0.4 is 5.73 Å². The van der Waals surface area contributed by atoms with Gasteiger partial charge in [0, 0.05) is 13.1 Å². The van der Waals surface area contributed by atoms with Crippen molar-refractivity contribution in [3.8, 4) is 0 Å². The molecule has 0 saturated carbocycles. The highest BCUT2D eigenvalue weighted by Gasteiger charge is 2.28. The van der Waals surface area contributed by atoms with Crippen LogP contribution in [0.1, 0.15) is 25.0 Å². The van der Waals surface area contributed by atoms with Crippen LogP contribution in [-0.2, 0) is 17.9 Å². The van der Waals surface area contributed by atoms with Crippen molar-refractivity contribution in [1.82, 2.24) is 4.90 Å². The predicted molar refractivity (Wildman–Crippen MR) is 63.5 cm³/mol. The third-order valence-electron chi connectivity index (χ3n) is 3.16. The number of amides is 1. The number of carbonyl (C=O) groups is 1. The second-order valence-electron chi connectivity index (χ2n) is 4.73. The van der Waals surface area contributed by atoms with Crippen molar-refractivity contribution in [2.24, 2.45) is 11.7 Å². The van der Waals surface area contributed by atoms with E-state index < -0.39 is 0 Å². The van der Waals surface area contributed by atoms with Crippen molar-refractivity contribution in [1.29, 1.82) is 0 Å². The molecule has 1 unspecified atom stereocenters. The number of benzene rings is 1. The molecule has 1 aromatic rings. The Bertz CT molecular complexity index is 376. The van der Waals surface area contributed by atoms with Gasteiger partial charge in [0.05, 0.1) is 6.04 Å². The molecule has 1 aromatic carbocycles. The van der Waals surface area contributed by atoms with Gasteiger partial charge in [-0.05, 0) is 17.0 Å². The fourth-order valence-electron chi connectivity index (χ4n) is 1.98. The molecule has 0 spiro atoms. The summed E-state index contributed by atoms with van der Waals surface area (Å²) in [6, 6.07) is 7.78. The molecule has 1 aliphatic rings. The summed E-state index contributed by atoms with van der Waals surface area (Å²) in [7, 11) is 0. The fourth-order valence-corrected chi connectivity index (χ4v) is 1.98. The average Bonchev–Trinajstić information content (AvgIpc) is 2.70. The first-order valence-electron chi connectivity index (χ1n) is 5.70. The SMILES string of the molecule is CC(C)C(N)C(=O)N1Cc2ccccc2C1. The maximum absolute atomic E-state index is 12.1. The van der Waals surface area contributed by atoms with Crippen molar-refractivity contribution in [3.05, 3.63) is 35.4 Å². The second kappa shape index (κ2) is 4.26. The van der Waals surface area contributed by atoms with E-state index in [4.69, 9.17) is 5.73 Å². The van der Waals surface area contributed by atoms with Gasteiger partial charge in [0.15, 0.2) is 0 Å². The summed E-state index contributed by atoms with van der Waals surface area (Å²) in [6.45, 7) is 5.36. The number of nitrogens with zero attached hydrogens (tertiary/aromatic N) is 1. The maximum Gasteiger partial charge on any atom is 0.240 e. The first kappa shape index (κ1) is 11.1. The van der Waals surface area contributed by atoms with Gasteiger partial charge in [-0.3, -0.25) is 4.79 Å². The largest absolute Gasteiger partial charge is 0.333 e. The molecule has 0 aromatic heterocycles. The van der Waals surface area contributed by atoms with E-state index in [1.807, 2.05) is 30.9 Å². The summed E-state index contributed by atoms with van der Waals surface area (Å²) in [5, 5.41) is 0. The van der Waals surface area contributed by atoms with Gasteiger partial charge in [-0.25, -0.2) is 0 Å². The Morgan fingerprint density at radius 3 is 2.19 bits per heavy atom. The summed E-state index contributed by atoms with van der Waals surface area (Å²) in [5.41, 5.74) is 8.37. The Morgan fingerprint density at radius 1 is 1.25 bits per heavy atom. The third kappa shape index (κ3) is 1.95. The van der Waals surface area contributed by atoms with Crippen molar-refractivity contribution in [2.45, 2.75) is 33.0 Å². The van der Waals surface area contributed by atoms with E-state index in [9.17, 15) is 4.79 Å². The fraction of sp³-hybridized carbons (Fsp3) is 0.462. The van der Waals surface area contributed by atoms with E-state index in [2.05, 4.69) is 12.1 Å². The smallest absolute Gasteiger partial charge is 0.240 e.